The van der Waals surface area contributed by atoms with Crippen LogP contribution in [0.15, 0.2) is 54.6 Å². The van der Waals surface area contributed by atoms with E-state index in [1.165, 1.54) is 31.2 Å². The van der Waals surface area contributed by atoms with E-state index >= 15 is 0 Å². The summed E-state index contributed by atoms with van der Waals surface area (Å²) in [7, 11) is -4.07. The number of nitrogens with zero attached hydrogens (tertiary/aromatic N) is 1. The molecule has 0 heterocycles. The Labute approximate surface area is 167 Å². The van der Waals surface area contributed by atoms with Gasteiger partial charge in [0.2, 0.25) is 0 Å². The van der Waals surface area contributed by atoms with Crippen molar-refractivity contribution in [3.8, 4) is 11.5 Å². The predicted molar refractivity (Wildman–Crippen MR) is 105 cm³/mol. The summed E-state index contributed by atoms with van der Waals surface area (Å²) in [4.78, 5) is 22.5. The molecule has 1 aliphatic rings. The fourth-order valence-electron chi connectivity index (χ4n) is 2.50. The first-order valence-electron chi connectivity index (χ1n) is 9.12. The molecule has 0 bridgehead atoms. The van der Waals surface area contributed by atoms with E-state index in [0.717, 1.165) is 19.3 Å². The van der Waals surface area contributed by atoms with Crippen LogP contribution in [0.3, 0.4) is 0 Å². The Balaban J connectivity index is 1.75. The number of non-ortho nitro benzene ring substituents is 1. The quantitative estimate of drug-likeness (QED) is 0.277. The average Bonchev–Trinajstić information content (AvgIpc) is 2.65. The molecule has 0 radical (unpaired) electrons. The van der Waals surface area contributed by atoms with Gasteiger partial charge in [0.15, 0.2) is 0 Å². The smallest absolute Gasteiger partial charge is 0.461 e. The summed E-state index contributed by atoms with van der Waals surface area (Å²) in [5.74, 6) is -0.203. The van der Waals surface area contributed by atoms with Gasteiger partial charge in [-0.25, -0.2) is 4.57 Å². The summed E-state index contributed by atoms with van der Waals surface area (Å²) in [5, 5.41) is 13.4. The number of carbonyl (C=O) groups excluding carboxylic acids is 1. The van der Waals surface area contributed by atoms with Gasteiger partial charge in [-0.1, -0.05) is 18.2 Å². The molecule has 2 aromatic carbocycles. The first-order valence-corrected chi connectivity index (χ1v) is 10.7. The fraction of sp³-hybridized carbons (Fsp3) is 0.316. The van der Waals surface area contributed by atoms with E-state index in [2.05, 4.69) is 5.09 Å². The third kappa shape index (κ3) is 5.79. The maximum absolute atomic E-state index is 13.4. The minimum absolute atomic E-state index is 0.0851. The molecular weight excluding hydrogens is 399 g/mol. The first kappa shape index (κ1) is 20.8. The van der Waals surface area contributed by atoms with Gasteiger partial charge in [0.05, 0.1) is 4.92 Å². The van der Waals surface area contributed by atoms with Crippen molar-refractivity contribution in [2.24, 2.45) is 0 Å². The summed E-state index contributed by atoms with van der Waals surface area (Å²) in [6, 6.07) is 12.4. The highest BCUT2D eigenvalue weighted by Crippen LogP contribution is 2.45. The Kier molecular flexibility index (Phi) is 6.51. The Morgan fingerprint density at radius 3 is 2.21 bits per heavy atom. The van der Waals surface area contributed by atoms with Crippen LogP contribution >= 0.6 is 7.75 Å². The molecule has 9 nitrogen and oxygen atoms in total. The van der Waals surface area contributed by atoms with Crippen LogP contribution in [-0.2, 0) is 14.1 Å². The van der Waals surface area contributed by atoms with E-state index in [1.54, 1.807) is 30.3 Å². The number of nitro groups is 1. The monoisotopic (exact) mass is 420 g/mol. The van der Waals surface area contributed by atoms with Gasteiger partial charge in [-0.05, 0) is 50.5 Å². The van der Waals surface area contributed by atoms with Crippen LogP contribution in [0.25, 0.3) is 0 Å². The topological polar surface area (TPSA) is 117 Å². The number of para-hydroxylation sites is 1. The van der Waals surface area contributed by atoms with Crippen molar-refractivity contribution in [2.45, 2.75) is 38.3 Å². The fourth-order valence-corrected chi connectivity index (χ4v) is 4.02. The first-order chi connectivity index (χ1) is 13.8. The second-order valence-corrected chi connectivity index (χ2v) is 8.20. The van der Waals surface area contributed by atoms with Crippen molar-refractivity contribution in [1.82, 2.24) is 5.09 Å². The molecule has 0 amide bonds. The van der Waals surface area contributed by atoms with Crippen LogP contribution in [0, 0.1) is 10.1 Å². The summed E-state index contributed by atoms with van der Waals surface area (Å²) in [6.07, 6.45) is 2.53. The normalized spacial score (nSPS) is 16.7. The molecule has 2 unspecified atom stereocenters. The lowest BCUT2D eigenvalue weighted by molar-refractivity contribution is -0.384. The maximum atomic E-state index is 13.4. The Morgan fingerprint density at radius 2 is 1.69 bits per heavy atom. The van der Waals surface area contributed by atoms with Crippen molar-refractivity contribution >= 4 is 19.4 Å². The second-order valence-electron chi connectivity index (χ2n) is 6.58. The van der Waals surface area contributed by atoms with Crippen LogP contribution < -0.4 is 14.1 Å². The molecule has 0 saturated heterocycles. The number of nitro benzene ring substituents is 1. The Hall–Kier alpha value is -2.90. The van der Waals surface area contributed by atoms with Gasteiger partial charge >= 0.3 is 13.7 Å². The molecule has 1 saturated carbocycles. The zero-order valence-corrected chi connectivity index (χ0v) is 16.6. The number of nitrogens with one attached hydrogen (secondary N) is 1. The number of benzene rings is 2. The van der Waals surface area contributed by atoms with E-state index in [-0.39, 0.29) is 23.3 Å². The lowest BCUT2D eigenvalue weighted by Gasteiger charge is -2.28. The molecule has 1 fully saturated rings. The van der Waals surface area contributed by atoms with Gasteiger partial charge in [0.1, 0.15) is 23.6 Å². The minimum atomic E-state index is -4.07. The molecule has 1 N–H and O–H groups in total. The maximum Gasteiger partial charge on any atom is 0.513 e. The van der Waals surface area contributed by atoms with Gasteiger partial charge in [0.25, 0.3) is 5.69 Å². The van der Waals surface area contributed by atoms with Gasteiger partial charge in [-0.15, -0.1) is 0 Å². The standard InChI is InChI=1S/C19H21N2O7P/c1-14(19(22)26-16-8-5-9-16)20-29(25,27-17-6-3-2-4-7-17)28-18-12-10-15(11-13-18)21(23)24/h2-4,6-7,10-14,16H,5,8-9H2,1H3,(H,20,25). The molecule has 0 spiro atoms. The number of ether oxygens (including phenoxy) is 1. The Morgan fingerprint density at radius 1 is 1.10 bits per heavy atom. The second kappa shape index (κ2) is 9.07. The van der Waals surface area contributed by atoms with Crippen molar-refractivity contribution in [3.63, 3.8) is 0 Å². The van der Waals surface area contributed by atoms with Crippen LogP contribution in [-0.4, -0.2) is 23.0 Å². The summed E-state index contributed by atoms with van der Waals surface area (Å²) in [6.45, 7) is 1.50. The Bertz CT molecular complexity index is 901. The highest BCUT2D eigenvalue weighted by atomic mass is 31.2. The number of esters is 1. The largest absolute Gasteiger partial charge is 0.513 e. The van der Waals surface area contributed by atoms with Crippen LogP contribution in [0.2, 0.25) is 0 Å². The van der Waals surface area contributed by atoms with Gasteiger partial charge in [-0.2, -0.15) is 5.09 Å². The lowest BCUT2D eigenvalue weighted by atomic mass is 9.96. The summed E-state index contributed by atoms with van der Waals surface area (Å²) in [5.41, 5.74) is -0.137. The van der Waals surface area contributed by atoms with E-state index in [4.69, 9.17) is 13.8 Å². The van der Waals surface area contributed by atoms with E-state index in [0.29, 0.717) is 0 Å². The van der Waals surface area contributed by atoms with Crippen molar-refractivity contribution in [2.75, 3.05) is 0 Å². The van der Waals surface area contributed by atoms with Crippen molar-refractivity contribution in [3.05, 3.63) is 64.7 Å². The zero-order valence-electron chi connectivity index (χ0n) is 15.7. The molecule has 29 heavy (non-hydrogen) atoms. The number of hydrogen-bond donors (Lipinski definition) is 1. The third-order valence-corrected chi connectivity index (χ3v) is 5.89. The van der Waals surface area contributed by atoms with Crippen molar-refractivity contribution in [1.29, 1.82) is 0 Å². The van der Waals surface area contributed by atoms with Crippen LogP contribution in [0.5, 0.6) is 11.5 Å². The number of hydrogen-bond acceptors (Lipinski definition) is 7. The van der Waals surface area contributed by atoms with Crippen molar-refractivity contribution < 1.29 is 28.1 Å². The summed E-state index contributed by atoms with van der Waals surface area (Å²) < 4.78 is 29.7. The highest BCUT2D eigenvalue weighted by molar-refractivity contribution is 7.52. The van der Waals surface area contributed by atoms with E-state index in [1.807, 2.05) is 0 Å². The molecule has 2 atom stereocenters. The molecule has 2 aromatic rings. The van der Waals surface area contributed by atoms with Gasteiger partial charge < -0.3 is 13.8 Å². The molecule has 0 aliphatic heterocycles. The SMILES string of the molecule is CC(NP(=O)(Oc1ccccc1)Oc1ccc([N+](=O)[O-])cc1)C(=O)OC1CCC1. The average molecular weight is 420 g/mol. The highest BCUT2D eigenvalue weighted by Gasteiger charge is 2.35. The van der Waals surface area contributed by atoms with Gasteiger partial charge in [-0.3, -0.25) is 14.9 Å². The summed E-state index contributed by atoms with van der Waals surface area (Å²) >= 11 is 0. The zero-order chi connectivity index (χ0) is 20.9. The van der Waals surface area contributed by atoms with Crippen LogP contribution in [0.1, 0.15) is 26.2 Å². The van der Waals surface area contributed by atoms with Crippen LogP contribution in [0.4, 0.5) is 5.69 Å². The number of rotatable bonds is 9. The van der Waals surface area contributed by atoms with E-state index < -0.39 is 24.7 Å². The van der Waals surface area contributed by atoms with E-state index in [9.17, 15) is 19.5 Å². The molecule has 1 aliphatic carbocycles. The van der Waals surface area contributed by atoms with Gasteiger partial charge in [0, 0.05) is 12.1 Å². The number of carbonyl (C=O) groups is 1. The molecule has 154 valence electrons. The third-order valence-electron chi connectivity index (χ3n) is 4.28. The molecular formula is C19H21N2O7P. The molecule has 0 aromatic heterocycles. The minimum Gasteiger partial charge on any atom is -0.461 e. The molecule has 10 heteroatoms. The predicted octanol–water partition coefficient (Wildman–Crippen LogP) is 4.23. The molecule has 3 rings (SSSR count). The lowest BCUT2D eigenvalue weighted by Crippen LogP contribution is -2.39.